The average molecular weight is 396 g/mol. The Labute approximate surface area is 167 Å². The molecule has 3 aromatic rings. The molecule has 0 aliphatic rings. The first-order chi connectivity index (χ1) is 13.9. The van der Waals surface area contributed by atoms with Crippen molar-refractivity contribution in [2.24, 2.45) is 0 Å². The number of furan rings is 1. The maximum absolute atomic E-state index is 13.8. The lowest BCUT2D eigenvalue weighted by Crippen LogP contribution is -2.47. The van der Waals surface area contributed by atoms with Crippen molar-refractivity contribution >= 4 is 11.8 Å². The van der Waals surface area contributed by atoms with Gasteiger partial charge in [-0.2, -0.15) is 0 Å². The van der Waals surface area contributed by atoms with E-state index >= 15 is 0 Å². The Morgan fingerprint density at radius 1 is 1.00 bits per heavy atom. The molecule has 0 radical (unpaired) electrons. The van der Waals surface area contributed by atoms with Crippen molar-refractivity contribution in [3.8, 4) is 17.1 Å². The minimum atomic E-state index is -0.832. The third-order valence-electron chi connectivity index (χ3n) is 4.50. The SMILES string of the molecule is Cc1cccc(O[C@H](C)C(=O)NNC(=O)c2ccc(-c3ccccc3F)o2)c1C. The summed E-state index contributed by atoms with van der Waals surface area (Å²) in [5.41, 5.74) is 6.79. The lowest BCUT2D eigenvalue weighted by Gasteiger charge is -2.17. The highest BCUT2D eigenvalue weighted by molar-refractivity contribution is 5.94. The maximum Gasteiger partial charge on any atom is 0.305 e. The predicted octanol–water partition coefficient (Wildman–Crippen LogP) is 3.93. The molecule has 0 aliphatic heterocycles. The van der Waals surface area contributed by atoms with Crippen molar-refractivity contribution in [1.29, 1.82) is 0 Å². The number of carbonyl (C=O) groups excluding carboxylic acids is 2. The van der Waals surface area contributed by atoms with Crippen molar-refractivity contribution in [2.75, 3.05) is 0 Å². The van der Waals surface area contributed by atoms with Crippen LogP contribution < -0.4 is 15.6 Å². The molecule has 150 valence electrons. The lowest BCUT2D eigenvalue weighted by atomic mass is 10.1. The molecule has 7 heteroatoms. The van der Waals surface area contributed by atoms with Gasteiger partial charge >= 0.3 is 5.91 Å². The van der Waals surface area contributed by atoms with Crippen molar-refractivity contribution in [3.63, 3.8) is 0 Å². The van der Waals surface area contributed by atoms with Gasteiger partial charge in [0.25, 0.3) is 5.91 Å². The molecule has 0 fully saturated rings. The number of carbonyl (C=O) groups is 2. The van der Waals surface area contributed by atoms with Crippen molar-refractivity contribution in [1.82, 2.24) is 10.9 Å². The van der Waals surface area contributed by atoms with Crippen molar-refractivity contribution < 1.29 is 23.1 Å². The minimum Gasteiger partial charge on any atom is -0.481 e. The number of ether oxygens (including phenoxy) is 1. The van der Waals surface area contributed by atoms with Crippen LogP contribution in [0.25, 0.3) is 11.3 Å². The standard InChI is InChI=1S/C22H21FN2O4/c1-13-7-6-10-18(14(13)2)28-15(3)21(26)24-25-22(27)20-12-11-19(29-20)16-8-4-5-9-17(16)23/h4-12,15H,1-3H3,(H,24,26)(H,25,27)/t15-/m1/s1. The van der Waals surface area contributed by atoms with Crippen LogP contribution in [-0.4, -0.2) is 17.9 Å². The molecule has 0 aliphatic carbocycles. The summed E-state index contributed by atoms with van der Waals surface area (Å²) in [6.45, 7) is 5.43. The zero-order chi connectivity index (χ0) is 21.0. The van der Waals surface area contributed by atoms with Gasteiger partial charge < -0.3 is 9.15 Å². The summed E-state index contributed by atoms with van der Waals surface area (Å²) in [4.78, 5) is 24.4. The number of nitrogens with one attached hydrogen (secondary N) is 2. The van der Waals surface area contributed by atoms with Gasteiger partial charge in [0.15, 0.2) is 11.9 Å². The number of amides is 2. The van der Waals surface area contributed by atoms with Crippen molar-refractivity contribution in [2.45, 2.75) is 26.9 Å². The topological polar surface area (TPSA) is 80.6 Å². The van der Waals surface area contributed by atoms with Crippen LogP contribution in [0.4, 0.5) is 4.39 Å². The summed E-state index contributed by atoms with van der Waals surface area (Å²) in [5, 5.41) is 0. The van der Waals surface area contributed by atoms with Gasteiger partial charge in [-0.1, -0.05) is 24.3 Å². The molecule has 2 aromatic carbocycles. The molecule has 0 spiro atoms. The largest absolute Gasteiger partial charge is 0.481 e. The predicted molar refractivity (Wildman–Crippen MR) is 106 cm³/mol. The van der Waals surface area contributed by atoms with Crippen LogP contribution >= 0.6 is 0 Å². The molecular weight excluding hydrogens is 375 g/mol. The number of benzene rings is 2. The van der Waals surface area contributed by atoms with Gasteiger partial charge in [0.05, 0.1) is 5.56 Å². The smallest absolute Gasteiger partial charge is 0.305 e. The summed E-state index contributed by atoms with van der Waals surface area (Å²) in [7, 11) is 0. The maximum atomic E-state index is 13.8. The third kappa shape index (κ3) is 4.63. The number of aryl methyl sites for hydroxylation is 1. The monoisotopic (exact) mass is 396 g/mol. The first-order valence-electron chi connectivity index (χ1n) is 9.04. The quantitative estimate of drug-likeness (QED) is 0.641. The molecule has 29 heavy (non-hydrogen) atoms. The van der Waals surface area contributed by atoms with Crippen LogP contribution in [0.15, 0.2) is 59.0 Å². The molecular formula is C22H21FN2O4. The highest BCUT2D eigenvalue weighted by Gasteiger charge is 2.19. The van der Waals surface area contributed by atoms with Gasteiger partial charge in [-0.25, -0.2) is 4.39 Å². The zero-order valence-electron chi connectivity index (χ0n) is 16.3. The third-order valence-corrected chi connectivity index (χ3v) is 4.50. The van der Waals surface area contributed by atoms with Crippen LogP contribution in [0.2, 0.25) is 0 Å². The molecule has 1 atom stereocenters. The molecule has 1 aromatic heterocycles. The first kappa shape index (κ1) is 20.1. The van der Waals surface area contributed by atoms with Gasteiger partial charge in [-0.15, -0.1) is 0 Å². The number of hydrogen-bond donors (Lipinski definition) is 2. The van der Waals surface area contributed by atoms with E-state index < -0.39 is 23.7 Å². The van der Waals surface area contributed by atoms with Crippen molar-refractivity contribution in [3.05, 3.63) is 77.3 Å². The summed E-state index contributed by atoms with van der Waals surface area (Å²) in [6, 6.07) is 14.5. The summed E-state index contributed by atoms with van der Waals surface area (Å²) in [5.74, 6) is -0.906. The molecule has 0 saturated heterocycles. The summed E-state index contributed by atoms with van der Waals surface area (Å²) < 4.78 is 24.9. The van der Waals surface area contributed by atoms with Gasteiger partial charge in [0.1, 0.15) is 17.3 Å². The Balaban J connectivity index is 1.58. The number of halogens is 1. The molecule has 1 heterocycles. The van der Waals surface area contributed by atoms with E-state index in [4.69, 9.17) is 9.15 Å². The first-order valence-corrected chi connectivity index (χ1v) is 9.04. The van der Waals surface area contributed by atoms with E-state index in [1.165, 1.54) is 18.2 Å². The van der Waals surface area contributed by atoms with Gasteiger partial charge in [-0.05, 0) is 62.2 Å². The second-order valence-corrected chi connectivity index (χ2v) is 6.55. The number of hydrazine groups is 1. The molecule has 2 N–H and O–H groups in total. The van der Waals surface area contributed by atoms with E-state index in [-0.39, 0.29) is 17.1 Å². The summed E-state index contributed by atoms with van der Waals surface area (Å²) >= 11 is 0. The molecule has 3 rings (SSSR count). The lowest BCUT2D eigenvalue weighted by molar-refractivity contribution is -0.128. The molecule has 0 saturated carbocycles. The van der Waals surface area contributed by atoms with Crippen LogP contribution in [-0.2, 0) is 4.79 Å². The fourth-order valence-electron chi connectivity index (χ4n) is 2.64. The van der Waals surface area contributed by atoms with Gasteiger partial charge in [0.2, 0.25) is 0 Å². The van der Waals surface area contributed by atoms with Gasteiger partial charge in [-0.3, -0.25) is 20.4 Å². The van der Waals surface area contributed by atoms with E-state index in [0.717, 1.165) is 11.1 Å². The van der Waals surface area contributed by atoms with E-state index in [1.54, 1.807) is 31.2 Å². The van der Waals surface area contributed by atoms with Crippen LogP contribution in [0.1, 0.15) is 28.6 Å². The Hall–Kier alpha value is -3.61. The van der Waals surface area contributed by atoms with E-state index in [1.807, 2.05) is 26.0 Å². The van der Waals surface area contributed by atoms with E-state index in [9.17, 15) is 14.0 Å². The van der Waals surface area contributed by atoms with E-state index in [0.29, 0.717) is 5.75 Å². The fourth-order valence-corrected chi connectivity index (χ4v) is 2.64. The van der Waals surface area contributed by atoms with E-state index in [2.05, 4.69) is 10.9 Å². The molecule has 2 amide bonds. The second kappa shape index (κ2) is 8.60. The second-order valence-electron chi connectivity index (χ2n) is 6.55. The average Bonchev–Trinajstić information content (AvgIpc) is 3.19. The Morgan fingerprint density at radius 3 is 2.52 bits per heavy atom. The van der Waals surface area contributed by atoms with Crippen LogP contribution in [0, 0.1) is 19.7 Å². The normalized spacial score (nSPS) is 11.6. The molecule has 0 unspecified atom stereocenters. The zero-order valence-corrected chi connectivity index (χ0v) is 16.3. The minimum absolute atomic E-state index is 0.0633. The summed E-state index contributed by atoms with van der Waals surface area (Å²) in [6.07, 6.45) is -0.832. The Kier molecular flexibility index (Phi) is 5.97. The Bertz CT molecular complexity index is 1040. The number of hydrogen-bond acceptors (Lipinski definition) is 4. The highest BCUT2D eigenvalue weighted by atomic mass is 19.1. The number of rotatable bonds is 5. The highest BCUT2D eigenvalue weighted by Crippen LogP contribution is 2.25. The van der Waals surface area contributed by atoms with Gasteiger partial charge in [0, 0.05) is 0 Å². The molecule has 6 nitrogen and oxygen atoms in total. The Morgan fingerprint density at radius 2 is 1.76 bits per heavy atom. The van der Waals surface area contributed by atoms with Crippen LogP contribution in [0.3, 0.4) is 0 Å². The fraction of sp³-hybridized carbons (Fsp3) is 0.182. The molecule has 0 bridgehead atoms. The van der Waals surface area contributed by atoms with Crippen LogP contribution in [0.5, 0.6) is 5.75 Å².